The summed E-state index contributed by atoms with van der Waals surface area (Å²) in [6.07, 6.45) is 3.81. The highest BCUT2D eigenvalue weighted by Crippen LogP contribution is 2.24. The Hall–Kier alpha value is -1.95. The van der Waals surface area contributed by atoms with Gasteiger partial charge in [-0.25, -0.2) is 0 Å². The maximum absolute atomic E-state index is 12.6. The van der Waals surface area contributed by atoms with E-state index in [1.807, 2.05) is 4.90 Å². The molecule has 0 aliphatic carbocycles. The number of hydrogen-bond donors (Lipinski definition) is 1. The number of nitrogens with zero attached hydrogens (tertiary/aromatic N) is 2. The van der Waals surface area contributed by atoms with Crippen LogP contribution in [-0.4, -0.2) is 34.9 Å². The van der Waals surface area contributed by atoms with Crippen LogP contribution >= 0.6 is 0 Å². The molecule has 0 radical (unpaired) electrons. The van der Waals surface area contributed by atoms with Crippen LogP contribution in [0.15, 0.2) is 18.2 Å². The summed E-state index contributed by atoms with van der Waals surface area (Å²) < 4.78 is 0. The van der Waals surface area contributed by atoms with Crippen LogP contribution in [-0.2, 0) is 0 Å². The van der Waals surface area contributed by atoms with Crippen molar-refractivity contribution in [2.75, 3.05) is 13.1 Å². The third-order valence-electron chi connectivity index (χ3n) is 4.04. The summed E-state index contributed by atoms with van der Waals surface area (Å²) in [5.74, 6) is -0.128. The molecular formula is C15H21N3O3. The summed E-state index contributed by atoms with van der Waals surface area (Å²) in [6.45, 7) is 2.91. The molecule has 1 heterocycles. The fourth-order valence-corrected chi connectivity index (χ4v) is 2.87. The molecular weight excluding hydrogens is 270 g/mol. The van der Waals surface area contributed by atoms with Gasteiger partial charge < -0.3 is 10.6 Å². The Kier molecular flexibility index (Phi) is 4.90. The summed E-state index contributed by atoms with van der Waals surface area (Å²) in [6, 6.07) is 4.83. The Morgan fingerprint density at radius 3 is 2.90 bits per heavy atom. The highest BCUT2D eigenvalue weighted by atomic mass is 16.6. The number of piperidine rings is 1. The van der Waals surface area contributed by atoms with Crippen molar-refractivity contribution in [2.24, 2.45) is 5.73 Å². The molecule has 1 amide bonds. The minimum atomic E-state index is -0.445. The highest BCUT2D eigenvalue weighted by molar-refractivity contribution is 5.95. The van der Waals surface area contributed by atoms with Gasteiger partial charge in [0, 0.05) is 29.8 Å². The van der Waals surface area contributed by atoms with E-state index in [2.05, 4.69) is 0 Å². The molecule has 0 aromatic heterocycles. The zero-order valence-electron chi connectivity index (χ0n) is 12.2. The van der Waals surface area contributed by atoms with Gasteiger partial charge in [-0.15, -0.1) is 0 Å². The van der Waals surface area contributed by atoms with Crippen LogP contribution in [0.1, 0.15) is 41.6 Å². The normalized spacial score (nSPS) is 18.6. The van der Waals surface area contributed by atoms with Crippen LogP contribution in [0, 0.1) is 17.0 Å². The van der Waals surface area contributed by atoms with Crippen molar-refractivity contribution < 1.29 is 9.72 Å². The molecule has 0 bridgehead atoms. The Labute approximate surface area is 124 Å². The third-order valence-corrected chi connectivity index (χ3v) is 4.04. The minimum absolute atomic E-state index is 0.00626. The first-order valence-electron chi connectivity index (χ1n) is 7.30. The number of likely N-dealkylation sites (tertiary alicyclic amines) is 1. The number of rotatable bonds is 4. The molecule has 6 nitrogen and oxygen atoms in total. The van der Waals surface area contributed by atoms with E-state index in [-0.39, 0.29) is 17.6 Å². The number of nitro benzene ring substituents is 1. The smallest absolute Gasteiger partial charge is 0.273 e. The fourth-order valence-electron chi connectivity index (χ4n) is 2.87. The summed E-state index contributed by atoms with van der Waals surface area (Å²) in [4.78, 5) is 25.0. The first-order valence-corrected chi connectivity index (χ1v) is 7.30. The third kappa shape index (κ3) is 3.39. The van der Waals surface area contributed by atoms with Crippen LogP contribution in [0.2, 0.25) is 0 Å². The highest BCUT2D eigenvalue weighted by Gasteiger charge is 2.27. The van der Waals surface area contributed by atoms with E-state index in [9.17, 15) is 14.9 Å². The fraction of sp³-hybridized carbons (Fsp3) is 0.533. The van der Waals surface area contributed by atoms with E-state index in [0.29, 0.717) is 24.2 Å². The van der Waals surface area contributed by atoms with Crippen molar-refractivity contribution in [2.45, 2.75) is 38.6 Å². The molecule has 1 aliphatic rings. The lowest BCUT2D eigenvalue weighted by Crippen LogP contribution is -2.44. The summed E-state index contributed by atoms with van der Waals surface area (Å²) in [5, 5.41) is 11.0. The zero-order valence-corrected chi connectivity index (χ0v) is 12.2. The molecule has 0 saturated carbocycles. The Morgan fingerprint density at radius 1 is 1.48 bits per heavy atom. The number of amides is 1. The van der Waals surface area contributed by atoms with Crippen LogP contribution in [0.5, 0.6) is 0 Å². The Bertz CT molecular complexity index is 543. The van der Waals surface area contributed by atoms with Gasteiger partial charge in [-0.3, -0.25) is 14.9 Å². The number of hydrogen-bond acceptors (Lipinski definition) is 4. The van der Waals surface area contributed by atoms with E-state index >= 15 is 0 Å². The van der Waals surface area contributed by atoms with Gasteiger partial charge in [-0.1, -0.05) is 6.07 Å². The van der Waals surface area contributed by atoms with Gasteiger partial charge in [0.2, 0.25) is 0 Å². The molecule has 21 heavy (non-hydrogen) atoms. The van der Waals surface area contributed by atoms with Gasteiger partial charge in [-0.05, 0) is 45.2 Å². The molecule has 1 fully saturated rings. The second-order valence-corrected chi connectivity index (χ2v) is 5.48. The van der Waals surface area contributed by atoms with Crippen molar-refractivity contribution in [3.63, 3.8) is 0 Å². The SMILES string of the molecule is Cc1ccc(C(=O)N2CCCCC2CCN)cc1[N+](=O)[O-]. The largest absolute Gasteiger partial charge is 0.336 e. The zero-order chi connectivity index (χ0) is 15.4. The van der Waals surface area contributed by atoms with E-state index in [1.165, 1.54) is 6.07 Å². The molecule has 1 saturated heterocycles. The number of nitro groups is 1. The summed E-state index contributed by atoms with van der Waals surface area (Å²) >= 11 is 0. The lowest BCUT2D eigenvalue weighted by Gasteiger charge is -2.35. The van der Waals surface area contributed by atoms with Gasteiger partial charge in [0.05, 0.1) is 4.92 Å². The molecule has 114 valence electrons. The van der Waals surface area contributed by atoms with E-state index < -0.39 is 4.92 Å². The van der Waals surface area contributed by atoms with Crippen molar-refractivity contribution in [3.8, 4) is 0 Å². The quantitative estimate of drug-likeness (QED) is 0.680. The summed E-state index contributed by atoms with van der Waals surface area (Å²) in [5.41, 5.74) is 6.56. The predicted octanol–water partition coefficient (Wildman–Crippen LogP) is 2.25. The molecule has 1 unspecified atom stereocenters. The van der Waals surface area contributed by atoms with Crippen molar-refractivity contribution in [1.82, 2.24) is 4.90 Å². The molecule has 1 aliphatic heterocycles. The lowest BCUT2D eigenvalue weighted by molar-refractivity contribution is -0.385. The van der Waals surface area contributed by atoms with E-state index in [4.69, 9.17) is 5.73 Å². The lowest BCUT2D eigenvalue weighted by atomic mass is 9.98. The first-order chi connectivity index (χ1) is 10.0. The van der Waals surface area contributed by atoms with Crippen LogP contribution in [0.3, 0.4) is 0 Å². The number of carbonyl (C=O) groups excluding carboxylic acids is 1. The number of nitrogens with two attached hydrogens (primary N) is 1. The van der Waals surface area contributed by atoms with Crippen LogP contribution < -0.4 is 5.73 Å². The number of carbonyl (C=O) groups is 1. The molecule has 2 rings (SSSR count). The first kappa shape index (κ1) is 15.4. The van der Waals surface area contributed by atoms with Gasteiger partial charge in [0.25, 0.3) is 11.6 Å². The topological polar surface area (TPSA) is 89.5 Å². The van der Waals surface area contributed by atoms with Gasteiger partial charge in [-0.2, -0.15) is 0 Å². The van der Waals surface area contributed by atoms with E-state index in [0.717, 1.165) is 25.7 Å². The predicted molar refractivity (Wildman–Crippen MR) is 80.2 cm³/mol. The monoisotopic (exact) mass is 291 g/mol. The maximum Gasteiger partial charge on any atom is 0.273 e. The minimum Gasteiger partial charge on any atom is -0.336 e. The second-order valence-electron chi connectivity index (χ2n) is 5.48. The molecule has 6 heteroatoms. The second kappa shape index (κ2) is 6.67. The van der Waals surface area contributed by atoms with Crippen molar-refractivity contribution in [3.05, 3.63) is 39.4 Å². The standard InChI is InChI=1S/C15H21N3O3/c1-11-5-6-12(10-14(11)18(20)21)15(19)17-9-3-2-4-13(17)7-8-16/h5-6,10,13H,2-4,7-9,16H2,1H3. The number of benzene rings is 1. The molecule has 2 N–H and O–H groups in total. The van der Waals surface area contributed by atoms with Gasteiger partial charge in [0.15, 0.2) is 0 Å². The Morgan fingerprint density at radius 2 is 2.24 bits per heavy atom. The van der Waals surface area contributed by atoms with Crippen LogP contribution in [0.4, 0.5) is 5.69 Å². The molecule has 1 aromatic carbocycles. The van der Waals surface area contributed by atoms with Crippen molar-refractivity contribution >= 4 is 11.6 Å². The van der Waals surface area contributed by atoms with Gasteiger partial charge >= 0.3 is 0 Å². The molecule has 1 aromatic rings. The van der Waals surface area contributed by atoms with Gasteiger partial charge in [0.1, 0.15) is 0 Å². The van der Waals surface area contributed by atoms with E-state index in [1.54, 1.807) is 19.1 Å². The average Bonchev–Trinajstić information content (AvgIpc) is 2.47. The number of aryl methyl sites for hydroxylation is 1. The maximum atomic E-state index is 12.6. The van der Waals surface area contributed by atoms with Crippen molar-refractivity contribution in [1.29, 1.82) is 0 Å². The Balaban J connectivity index is 2.26. The average molecular weight is 291 g/mol. The molecule has 1 atom stereocenters. The summed E-state index contributed by atoms with van der Waals surface area (Å²) in [7, 11) is 0. The van der Waals surface area contributed by atoms with Crippen LogP contribution in [0.25, 0.3) is 0 Å². The molecule has 0 spiro atoms.